The van der Waals surface area contributed by atoms with E-state index in [4.69, 9.17) is 10.5 Å². The van der Waals surface area contributed by atoms with Crippen LogP contribution in [0, 0.1) is 0 Å². The van der Waals surface area contributed by atoms with E-state index in [0.717, 1.165) is 12.8 Å². The molecule has 0 bridgehead atoms. The molecule has 82 valence electrons. The molecule has 0 aliphatic heterocycles. The summed E-state index contributed by atoms with van der Waals surface area (Å²) in [7, 11) is 0. The van der Waals surface area contributed by atoms with E-state index in [2.05, 4.69) is 0 Å². The van der Waals surface area contributed by atoms with Gasteiger partial charge < -0.3 is 15.6 Å². The highest BCUT2D eigenvalue weighted by Crippen LogP contribution is 2.32. The molecule has 3 N–H and O–H groups in total. The zero-order valence-corrected chi connectivity index (χ0v) is 8.69. The van der Waals surface area contributed by atoms with Crippen molar-refractivity contribution in [2.75, 3.05) is 5.73 Å². The van der Waals surface area contributed by atoms with Gasteiger partial charge in [-0.2, -0.15) is 0 Å². The van der Waals surface area contributed by atoms with Crippen molar-refractivity contribution in [2.45, 2.75) is 26.2 Å². The molecule has 0 unspecified atom stereocenters. The molecule has 0 heterocycles. The number of phenols is 1. The third-order valence-electron chi connectivity index (χ3n) is 1.98. The molecule has 1 aromatic carbocycles. The second-order valence-corrected chi connectivity index (χ2v) is 3.27. The maximum Gasteiger partial charge on any atom is 0.311 e. The summed E-state index contributed by atoms with van der Waals surface area (Å²) in [4.78, 5) is 11.3. The number of nitrogen functional groups attached to an aromatic ring is 1. The molecule has 1 rings (SSSR count). The van der Waals surface area contributed by atoms with Gasteiger partial charge in [0.15, 0.2) is 11.5 Å². The lowest BCUT2D eigenvalue weighted by atomic mass is 10.2. The quantitative estimate of drug-likeness (QED) is 0.452. The molecule has 0 saturated heterocycles. The summed E-state index contributed by atoms with van der Waals surface area (Å²) < 4.78 is 4.96. The Morgan fingerprint density at radius 2 is 2.27 bits per heavy atom. The minimum absolute atomic E-state index is 0.0543. The third kappa shape index (κ3) is 3.16. The number of rotatable bonds is 4. The van der Waals surface area contributed by atoms with E-state index in [1.807, 2.05) is 6.92 Å². The number of carbonyl (C=O) groups excluding carboxylic acids is 1. The van der Waals surface area contributed by atoms with Crippen molar-refractivity contribution >= 4 is 11.7 Å². The highest BCUT2D eigenvalue weighted by Gasteiger charge is 2.11. The van der Waals surface area contributed by atoms with Crippen molar-refractivity contribution in [2.24, 2.45) is 0 Å². The monoisotopic (exact) mass is 209 g/mol. The van der Waals surface area contributed by atoms with Crippen molar-refractivity contribution in [3.8, 4) is 11.5 Å². The number of nitrogens with two attached hydrogens (primary N) is 1. The number of carbonyl (C=O) groups is 1. The number of hydrogen-bond donors (Lipinski definition) is 2. The van der Waals surface area contributed by atoms with Gasteiger partial charge in [-0.1, -0.05) is 19.4 Å². The van der Waals surface area contributed by atoms with Crippen LogP contribution in [0.15, 0.2) is 18.2 Å². The van der Waals surface area contributed by atoms with E-state index in [1.165, 1.54) is 6.07 Å². The third-order valence-corrected chi connectivity index (χ3v) is 1.98. The first-order valence-electron chi connectivity index (χ1n) is 4.93. The molecule has 0 spiro atoms. The number of aromatic hydroxyl groups is 1. The molecule has 0 radical (unpaired) electrons. The highest BCUT2D eigenvalue weighted by atomic mass is 16.5. The van der Waals surface area contributed by atoms with Crippen LogP contribution in [0.5, 0.6) is 11.5 Å². The maximum absolute atomic E-state index is 11.3. The molecule has 0 aromatic heterocycles. The lowest BCUT2D eigenvalue weighted by Crippen LogP contribution is -2.08. The fourth-order valence-electron chi connectivity index (χ4n) is 1.14. The minimum atomic E-state index is -0.370. The van der Waals surface area contributed by atoms with Crippen molar-refractivity contribution in [3.05, 3.63) is 18.2 Å². The summed E-state index contributed by atoms with van der Waals surface area (Å²) in [6.45, 7) is 1.99. The Morgan fingerprint density at radius 1 is 1.53 bits per heavy atom. The summed E-state index contributed by atoms with van der Waals surface area (Å²) in [5, 5.41) is 9.41. The smallest absolute Gasteiger partial charge is 0.311 e. The summed E-state index contributed by atoms with van der Waals surface area (Å²) in [6.07, 6.45) is 2.03. The summed E-state index contributed by atoms with van der Waals surface area (Å²) in [5.74, 6) is -0.427. The number of benzene rings is 1. The Balaban J connectivity index is 2.68. The van der Waals surface area contributed by atoms with E-state index >= 15 is 0 Å². The van der Waals surface area contributed by atoms with Gasteiger partial charge in [-0.25, -0.2) is 0 Å². The maximum atomic E-state index is 11.3. The average molecular weight is 209 g/mol. The molecule has 4 heteroatoms. The van der Waals surface area contributed by atoms with E-state index in [0.29, 0.717) is 6.42 Å². The number of para-hydroxylation sites is 1. The predicted octanol–water partition coefficient (Wildman–Crippen LogP) is 2.07. The summed E-state index contributed by atoms with van der Waals surface area (Å²) in [6, 6.07) is 4.59. The van der Waals surface area contributed by atoms with Crippen LogP contribution in [0.25, 0.3) is 0 Å². The van der Waals surface area contributed by atoms with E-state index in [1.54, 1.807) is 12.1 Å². The van der Waals surface area contributed by atoms with E-state index < -0.39 is 0 Å². The van der Waals surface area contributed by atoms with E-state index in [9.17, 15) is 9.90 Å². The van der Waals surface area contributed by atoms with Gasteiger partial charge >= 0.3 is 5.97 Å². The standard InChI is InChI=1S/C11H15NO3/c1-2-3-7-10(14)15-11-8(12)5-4-6-9(11)13/h4-6,13H,2-3,7,12H2,1H3. The zero-order valence-electron chi connectivity index (χ0n) is 8.69. The minimum Gasteiger partial charge on any atom is -0.504 e. The first-order valence-corrected chi connectivity index (χ1v) is 4.93. The van der Waals surface area contributed by atoms with Crippen LogP contribution in [-0.2, 0) is 4.79 Å². The molecule has 0 fully saturated rings. The van der Waals surface area contributed by atoms with Crippen LogP contribution in [0.3, 0.4) is 0 Å². The molecule has 0 aliphatic rings. The van der Waals surface area contributed by atoms with Crippen LogP contribution in [0.2, 0.25) is 0 Å². The SMILES string of the molecule is CCCCC(=O)Oc1c(N)cccc1O. The topological polar surface area (TPSA) is 72.5 Å². The Labute approximate surface area is 88.7 Å². The zero-order chi connectivity index (χ0) is 11.3. The van der Waals surface area contributed by atoms with Crippen LogP contribution >= 0.6 is 0 Å². The fourth-order valence-corrected chi connectivity index (χ4v) is 1.14. The molecule has 1 aromatic rings. The second-order valence-electron chi connectivity index (χ2n) is 3.27. The number of esters is 1. The van der Waals surface area contributed by atoms with Crippen LogP contribution in [-0.4, -0.2) is 11.1 Å². The lowest BCUT2D eigenvalue weighted by molar-refractivity contribution is -0.134. The second kappa shape index (κ2) is 5.24. The Kier molecular flexibility index (Phi) is 3.97. The fraction of sp³-hybridized carbons (Fsp3) is 0.364. The van der Waals surface area contributed by atoms with Crippen molar-refractivity contribution in [3.63, 3.8) is 0 Å². The number of unbranched alkanes of at least 4 members (excludes halogenated alkanes) is 1. The molecule has 0 saturated carbocycles. The number of hydrogen-bond acceptors (Lipinski definition) is 4. The van der Waals surface area contributed by atoms with Crippen molar-refractivity contribution in [1.82, 2.24) is 0 Å². The predicted molar refractivity (Wildman–Crippen MR) is 57.7 cm³/mol. The van der Waals surface area contributed by atoms with Gasteiger partial charge in [0, 0.05) is 6.42 Å². The van der Waals surface area contributed by atoms with Gasteiger partial charge in [0.2, 0.25) is 0 Å². The number of ether oxygens (including phenoxy) is 1. The van der Waals surface area contributed by atoms with Crippen LogP contribution in [0.1, 0.15) is 26.2 Å². The van der Waals surface area contributed by atoms with Gasteiger partial charge in [0.1, 0.15) is 0 Å². The van der Waals surface area contributed by atoms with Crippen molar-refractivity contribution < 1.29 is 14.6 Å². The molecular formula is C11H15NO3. The Hall–Kier alpha value is -1.71. The van der Waals surface area contributed by atoms with Gasteiger partial charge in [-0.05, 0) is 18.6 Å². The summed E-state index contributed by atoms with van der Waals surface area (Å²) in [5.41, 5.74) is 5.82. The largest absolute Gasteiger partial charge is 0.504 e. The first-order chi connectivity index (χ1) is 7.15. The van der Waals surface area contributed by atoms with Gasteiger partial charge in [0.05, 0.1) is 5.69 Å². The lowest BCUT2D eigenvalue weighted by Gasteiger charge is -2.08. The van der Waals surface area contributed by atoms with Crippen LogP contribution < -0.4 is 10.5 Å². The molecule has 0 amide bonds. The Morgan fingerprint density at radius 3 is 2.87 bits per heavy atom. The van der Waals surface area contributed by atoms with Crippen LogP contribution in [0.4, 0.5) is 5.69 Å². The molecule has 0 aliphatic carbocycles. The highest BCUT2D eigenvalue weighted by molar-refractivity contribution is 5.76. The van der Waals surface area contributed by atoms with Gasteiger partial charge in [-0.3, -0.25) is 4.79 Å². The molecular weight excluding hydrogens is 194 g/mol. The average Bonchev–Trinajstić information content (AvgIpc) is 2.21. The van der Waals surface area contributed by atoms with E-state index in [-0.39, 0.29) is 23.2 Å². The molecule has 0 atom stereocenters. The van der Waals surface area contributed by atoms with Gasteiger partial charge in [-0.15, -0.1) is 0 Å². The van der Waals surface area contributed by atoms with Gasteiger partial charge in [0.25, 0.3) is 0 Å². The van der Waals surface area contributed by atoms with Crippen molar-refractivity contribution in [1.29, 1.82) is 0 Å². The Bertz CT molecular complexity index is 329. The normalized spacial score (nSPS) is 9.93. The number of anilines is 1. The summed E-state index contributed by atoms with van der Waals surface area (Å²) >= 11 is 0. The molecule has 4 nitrogen and oxygen atoms in total. The first kappa shape index (κ1) is 11.4. The number of phenolic OH excluding ortho intramolecular Hbond substituents is 1. The molecule has 15 heavy (non-hydrogen) atoms.